The maximum absolute atomic E-state index is 8.77. The van der Waals surface area contributed by atoms with Crippen molar-refractivity contribution in [3.05, 3.63) is 0 Å². The minimum Gasteiger partial charge on any atom is -0.756 e. The van der Waals surface area contributed by atoms with Crippen molar-refractivity contribution in [3.63, 3.8) is 0 Å². The van der Waals surface area contributed by atoms with Crippen molar-refractivity contribution in [2.24, 2.45) is 0 Å². The van der Waals surface area contributed by atoms with Crippen molar-refractivity contribution in [2.45, 2.75) is 0 Å². The Bertz CT molecular complexity index is 371. The molecule has 0 rings (SSSR count). The Kier molecular flexibility index (Phi) is 27.2. The van der Waals surface area contributed by atoms with Gasteiger partial charge >= 0.3 is 18.6 Å². The zero-order chi connectivity index (χ0) is 22.5. The summed E-state index contributed by atoms with van der Waals surface area (Å²) < 4.78 is 43.9. The summed E-state index contributed by atoms with van der Waals surface area (Å²) in [7, 11) is -24.4. The van der Waals surface area contributed by atoms with Crippen LogP contribution in [0.25, 0.3) is 0 Å². The molecule has 160 valence electrons. The summed E-state index contributed by atoms with van der Waals surface area (Å²) in [5, 5.41) is 0. The first-order valence-corrected chi connectivity index (χ1v) is 11.5. The second kappa shape index (κ2) is 17.0. The van der Waals surface area contributed by atoms with Crippen molar-refractivity contribution in [1.82, 2.24) is 0 Å². The van der Waals surface area contributed by atoms with Crippen molar-refractivity contribution < 1.29 is 115 Å². The molecule has 0 aliphatic heterocycles. The zero-order valence-electron chi connectivity index (χ0n) is 11.2. The Balaban J connectivity index is -0.0000000476. The van der Waals surface area contributed by atoms with Gasteiger partial charge in [0.15, 0.2) is 0 Å². The van der Waals surface area contributed by atoms with Gasteiger partial charge in [-0.1, -0.05) is 0 Å². The van der Waals surface area contributed by atoms with Crippen LogP contribution in [0.3, 0.4) is 0 Å². The fourth-order valence-electron chi connectivity index (χ4n) is 0. The van der Waals surface area contributed by atoms with Crippen molar-refractivity contribution in [1.29, 1.82) is 0 Å². The molecule has 0 aromatic rings. The third kappa shape index (κ3) is 11400. The molecule has 0 aromatic heterocycles. The van der Waals surface area contributed by atoms with Crippen molar-refractivity contribution in [3.8, 4) is 0 Å². The maximum Gasteiger partial charge on any atom is 5.00 e. The molecular weight excluding hydrogens is 526 g/mol. The largest absolute Gasteiger partial charge is 5.00 e. The zero-order valence-corrected chi connectivity index (χ0v) is 17.1. The minimum absolute atomic E-state index is 0. The molecule has 0 fully saturated rings. The fraction of sp³-hybridized carbons (Fsp3) is 0. The molecule has 0 saturated carbocycles. The normalized spacial score (nSPS) is 11.3. The molecule has 10 N–H and O–H groups in total. The van der Waals surface area contributed by atoms with Gasteiger partial charge in [-0.15, -0.1) is 0 Å². The predicted molar refractivity (Wildman–Crippen MR) is 60.2 cm³/mol. The van der Waals surface area contributed by atoms with Crippen LogP contribution in [0.5, 0.6) is 0 Å². The molecule has 0 aromatic carbocycles. The van der Waals surface area contributed by atoms with Gasteiger partial charge in [0, 0.05) is 0 Å². The fourth-order valence-corrected chi connectivity index (χ4v) is 0. The predicted octanol–water partition coefficient (Wildman–Crippen LogP) is -7.81. The van der Waals surface area contributed by atoms with E-state index in [4.69, 9.17) is 96.2 Å². The molecule has 0 aliphatic carbocycles. The van der Waals surface area contributed by atoms with Crippen LogP contribution in [0.4, 0.5) is 0 Å². The average molecular weight is 536 g/mol. The quantitative estimate of drug-likeness (QED) is 0.128. The Labute approximate surface area is 154 Å². The molecule has 0 radical (unpaired) electrons. The molecular formula is H10O20P5V. The Morgan fingerprint density at radius 2 is 0.346 bits per heavy atom. The van der Waals surface area contributed by atoms with E-state index in [2.05, 4.69) is 0 Å². The van der Waals surface area contributed by atoms with Crippen LogP contribution in [0.2, 0.25) is 0 Å². The maximum atomic E-state index is 8.77. The van der Waals surface area contributed by atoms with Gasteiger partial charge < -0.3 is 73.4 Å². The first kappa shape index (κ1) is 41.5. The minimum atomic E-state index is -4.89. The average Bonchev–Trinajstić information content (AvgIpc) is 1.79. The van der Waals surface area contributed by atoms with Crippen molar-refractivity contribution in [2.75, 3.05) is 0 Å². The van der Waals surface area contributed by atoms with Crippen LogP contribution in [0, 0.1) is 0 Å². The van der Waals surface area contributed by atoms with E-state index in [0.717, 1.165) is 0 Å². The molecule has 0 atom stereocenters. The van der Waals surface area contributed by atoms with E-state index in [-0.39, 0.29) is 18.6 Å². The summed E-state index contributed by atoms with van der Waals surface area (Å²) in [5.41, 5.74) is 0. The topological polar surface area (TPSA) is 403 Å². The Hall–Kier alpha value is 1.13. The summed E-state index contributed by atoms with van der Waals surface area (Å²) in [6.45, 7) is 0. The van der Waals surface area contributed by atoms with E-state index in [9.17, 15) is 0 Å². The molecule has 26 heavy (non-hydrogen) atoms. The molecule has 0 spiro atoms. The summed E-state index contributed by atoms with van der Waals surface area (Å²) in [5.74, 6) is 0. The molecule has 0 unspecified atom stereocenters. The molecule has 0 bridgehead atoms. The van der Waals surface area contributed by atoms with Crippen LogP contribution in [0.15, 0.2) is 0 Å². The van der Waals surface area contributed by atoms with Gasteiger partial charge in [-0.05, 0) is 0 Å². The summed E-state index contributed by atoms with van der Waals surface area (Å²) >= 11 is 0. The van der Waals surface area contributed by atoms with Crippen LogP contribution in [0.1, 0.15) is 0 Å². The molecule has 0 heterocycles. The molecule has 0 amide bonds. The van der Waals surface area contributed by atoms with Crippen LogP contribution in [-0.4, -0.2) is 48.9 Å². The van der Waals surface area contributed by atoms with Gasteiger partial charge in [0.1, 0.15) is 0 Å². The summed E-state index contributed by atoms with van der Waals surface area (Å²) in [4.78, 5) is 115. The van der Waals surface area contributed by atoms with E-state index < -0.39 is 39.1 Å². The van der Waals surface area contributed by atoms with Gasteiger partial charge in [0.2, 0.25) is 0 Å². The third-order valence-corrected chi connectivity index (χ3v) is 0. The molecule has 20 nitrogen and oxygen atoms in total. The molecule has 26 heteroatoms. The van der Waals surface area contributed by atoms with Gasteiger partial charge in [-0.3, -0.25) is 22.8 Å². The Morgan fingerprint density at radius 3 is 0.346 bits per heavy atom. The smallest absolute Gasteiger partial charge is 0.756 e. The second-order valence-electron chi connectivity index (χ2n) is 2.45. The van der Waals surface area contributed by atoms with E-state index in [1.807, 2.05) is 0 Å². The first-order valence-electron chi connectivity index (χ1n) is 3.83. The van der Waals surface area contributed by atoms with Crippen LogP contribution < -0.4 is 24.5 Å². The first-order chi connectivity index (χ1) is 10.0. The summed E-state index contributed by atoms with van der Waals surface area (Å²) in [6.07, 6.45) is 0. The standard InChI is InChI=1S/5H3O4P.V/c5*1-5(2,3)4;/h5*(H3,1,2,3,4);/q;;;;;+5/p-5. The van der Waals surface area contributed by atoms with Crippen molar-refractivity contribution >= 4 is 39.1 Å². The Morgan fingerprint density at radius 1 is 0.346 bits per heavy atom. The van der Waals surface area contributed by atoms with Crippen LogP contribution in [-0.2, 0) is 41.4 Å². The molecule has 0 saturated heterocycles. The van der Waals surface area contributed by atoms with Crippen LogP contribution >= 0.6 is 39.1 Å². The number of phosphoric acid groups is 5. The summed E-state index contributed by atoms with van der Waals surface area (Å²) in [6, 6.07) is 0. The van der Waals surface area contributed by atoms with E-state index in [0.29, 0.717) is 0 Å². The number of hydrogen-bond donors (Lipinski definition) is 10. The van der Waals surface area contributed by atoms with Gasteiger partial charge in [0.05, 0.1) is 0 Å². The second-order valence-corrected chi connectivity index (χ2v) is 7.36. The van der Waals surface area contributed by atoms with E-state index in [1.165, 1.54) is 0 Å². The SMILES string of the molecule is O=P([O-])(O)O.O=P([O-])(O)O.O=P([O-])(O)O.O=P([O-])(O)O.O=P([O-])(O)O.[V+5]. The van der Waals surface area contributed by atoms with E-state index >= 15 is 0 Å². The van der Waals surface area contributed by atoms with E-state index in [1.54, 1.807) is 0 Å². The monoisotopic (exact) mass is 536 g/mol. The molecule has 0 aliphatic rings. The number of rotatable bonds is 0. The third-order valence-electron chi connectivity index (χ3n) is 0. The van der Waals surface area contributed by atoms with Gasteiger partial charge in [-0.25, -0.2) is 0 Å². The van der Waals surface area contributed by atoms with Gasteiger partial charge in [0.25, 0.3) is 39.1 Å². The number of hydrogen-bond acceptors (Lipinski definition) is 10. The van der Waals surface area contributed by atoms with Gasteiger partial charge in [-0.2, -0.15) is 0 Å².